The second-order valence-corrected chi connectivity index (χ2v) is 6.00. The third-order valence-electron chi connectivity index (χ3n) is 4.37. The van der Waals surface area contributed by atoms with Crippen LogP contribution in [0.25, 0.3) is 10.9 Å². The minimum atomic E-state index is -0.926. The lowest BCUT2D eigenvalue weighted by atomic mass is 9.81. The molecule has 1 aromatic heterocycles. The lowest BCUT2D eigenvalue weighted by Crippen LogP contribution is -2.48. The lowest BCUT2D eigenvalue weighted by molar-refractivity contribution is -0.159. The highest BCUT2D eigenvalue weighted by molar-refractivity contribution is 5.92. The standard InChI is InChI=1S/C18H22N2O2/c1-4-12-22-18(17(21)20(2)3)11-7-9-14-13-8-5-6-10-15(13)19-16(14)18/h4-6,8,10,19H,1,7,9,11-12H2,2-3H3. The number of aromatic amines is 1. The highest BCUT2D eigenvalue weighted by Crippen LogP contribution is 2.42. The molecule has 3 rings (SSSR count). The van der Waals surface area contributed by atoms with Crippen LogP contribution in [-0.2, 0) is 21.6 Å². The Morgan fingerprint density at radius 1 is 1.45 bits per heavy atom. The molecular weight excluding hydrogens is 276 g/mol. The Bertz CT molecular complexity index is 717. The van der Waals surface area contributed by atoms with Crippen molar-refractivity contribution in [2.75, 3.05) is 20.7 Å². The number of amides is 1. The summed E-state index contributed by atoms with van der Waals surface area (Å²) < 4.78 is 6.06. The fourth-order valence-electron chi connectivity index (χ4n) is 3.43. The van der Waals surface area contributed by atoms with Crippen LogP contribution in [-0.4, -0.2) is 36.5 Å². The Hall–Kier alpha value is -2.07. The van der Waals surface area contributed by atoms with E-state index >= 15 is 0 Å². The van der Waals surface area contributed by atoms with E-state index in [1.807, 2.05) is 18.2 Å². The molecule has 1 unspecified atom stereocenters. The van der Waals surface area contributed by atoms with Crippen molar-refractivity contribution in [2.45, 2.75) is 24.9 Å². The van der Waals surface area contributed by atoms with Crippen molar-refractivity contribution in [3.63, 3.8) is 0 Å². The van der Waals surface area contributed by atoms with Gasteiger partial charge in [0.1, 0.15) is 0 Å². The normalized spacial score (nSPS) is 20.6. The van der Waals surface area contributed by atoms with Crippen molar-refractivity contribution in [1.82, 2.24) is 9.88 Å². The molecule has 4 nitrogen and oxygen atoms in total. The number of nitrogens with zero attached hydrogens (tertiary/aromatic N) is 1. The first kappa shape index (κ1) is 14.9. The summed E-state index contributed by atoms with van der Waals surface area (Å²) in [6.45, 7) is 4.07. The van der Waals surface area contributed by atoms with E-state index in [1.54, 1.807) is 25.1 Å². The van der Waals surface area contributed by atoms with Gasteiger partial charge in [-0.25, -0.2) is 0 Å². The van der Waals surface area contributed by atoms with Gasteiger partial charge in [-0.3, -0.25) is 4.79 Å². The number of fused-ring (bicyclic) bond motifs is 3. The molecule has 2 aromatic rings. The molecule has 0 fully saturated rings. The molecule has 1 amide bonds. The first-order valence-corrected chi connectivity index (χ1v) is 7.67. The minimum absolute atomic E-state index is 0.0122. The van der Waals surface area contributed by atoms with Gasteiger partial charge < -0.3 is 14.6 Å². The van der Waals surface area contributed by atoms with Crippen LogP contribution in [0.5, 0.6) is 0 Å². The maximum atomic E-state index is 12.9. The van der Waals surface area contributed by atoms with Gasteiger partial charge in [0, 0.05) is 25.0 Å². The van der Waals surface area contributed by atoms with E-state index in [4.69, 9.17) is 4.74 Å². The van der Waals surface area contributed by atoms with E-state index in [0.717, 1.165) is 24.1 Å². The molecule has 1 heterocycles. The summed E-state index contributed by atoms with van der Waals surface area (Å²) in [5.74, 6) is -0.0122. The van der Waals surface area contributed by atoms with Crippen molar-refractivity contribution < 1.29 is 9.53 Å². The van der Waals surface area contributed by atoms with Crippen LogP contribution < -0.4 is 0 Å². The number of nitrogens with one attached hydrogen (secondary N) is 1. The van der Waals surface area contributed by atoms with E-state index in [9.17, 15) is 4.79 Å². The summed E-state index contributed by atoms with van der Waals surface area (Å²) in [7, 11) is 3.55. The van der Waals surface area contributed by atoms with Crippen LogP contribution in [0, 0.1) is 0 Å². The van der Waals surface area contributed by atoms with Gasteiger partial charge in [-0.15, -0.1) is 6.58 Å². The number of rotatable bonds is 4. The summed E-state index contributed by atoms with van der Waals surface area (Å²) in [6.07, 6.45) is 4.30. The van der Waals surface area contributed by atoms with Gasteiger partial charge in [-0.05, 0) is 30.9 Å². The molecule has 22 heavy (non-hydrogen) atoms. The van der Waals surface area contributed by atoms with Gasteiger partial charge in [0.25, 0.3) is 5.91 Å². The Morgan fingerprint density at radius 3 is 2.95 bits per heavy atom. The number of para-hydroxylation sites is 1. The third-order valence-corrected chi connectivity index (χ3v) is 4.37. The van der Waals surface area contributed by atoms with Gasteiger partial charge in [0.2, 0.25) is 0 Å². The highest BCUT2D eigenvalue weighted by Gasteiger charge is 2.47. The first-order valence-electron chi connectivity index (χ1n) is 7.67. The second kappa shape index (κ2) is 5.61. The fraction of sp³-hybridized carbons (Fsp3) is 0.389. The van der Waals surface area contributed by atoms with Crippen LogP contribution in [0.15, 0.2) is 36.9 Å². The molecule has 1 aliphatic carbocycles. The predicted octanol–water partition coefficient (Wildman–Crippen LogP) is 2.99. The van der Waals surface area contributed by atoms with E-state index in [-0.39, 0.29) is 5.91 Å². The fourth-order valence-corrected chi connectivity index (χ4v) is 3.43. The molecule has 1 aromatic carbocycles. The van der Waals surface area contributed by atoms with E-state index in [0.29, 0.717) is 13.0 Å². The molecule has 1 atom stereocenters. The highest BCUT2D eigenvalue weighted by atomic mass is 16.5. The topological polar surface area (TPSA) is 45.3 Å². The van der Waals surface area contributed by atoms with Crippen LogP contribution in [0.2, 0.25) is 0 Å². The summed E-state index contributed by atoms with van der Waals surface area (Å²) in [5, 5.41) is 1.19. The zero-order chi connectivity index (χ0) is 15.7. The largest absolute Gasteiger partial charge is 0.355 e. The number of likely N-dealkylation sites (N-methyl/N-ethyl adjacent to an activating group) is 1. The predicted molar refractivity (Wildman–Crippen MR) is 87.8 cm³/mol. The number of hydrogen-bond acceptors (Lipinski definition) is 2. The minimum Gasteiger partial charge on any atom is -0.355 e. The number of H-pyrrole nitrogens is 1. The van der Waals surface area contributed by atoms with E-state index in [2.05, 4.69) is 17.6 Å². The Balaban J connectivity index is 2.20. The number of hydrogen-bond donors (Lipinski definition) is 1. The molecule has 1 N–H and O–H groups in total. The quantitative estimate of drug-likeness (QED) is 0.882. The zero-order valence-electron chi connectivity index (χ0n) is 13.2. The van der Waals surface area contributed by atoms with Crippen molar-refractivity contribution in [3.8, 4) is 0 Å². The van der Waals surface area contributed by atoms with Crippen molar-refractivity contribution in [3.05, 3.63) is 48.2 Å². The van der Waals surface area contributed by atoms with Crippen LogP contribution in [0.1, 0.15) is 24.1 Å². The molecule has 1 aliphatic rings. The molecule has 0 radical (unpaired) electrons. The molecule has 0 saturated heterocycles. The average Bonchev–Trinajstić information content (AvgIpc) is 2.91. The maximum Gasteiger partial charge on any atom is 0.260 e. The Kier molecular flexibility index (Phi) is 3.79. The van der Waals surface area contributed by atoms with Gasteiger partial charge in [0.05, 0.1) is 12.3 Å². The van der Waals surface area contributed by atoms with E-state index < -0.39 is 5.60 Å². The number of aromatic nitrogens is 1. The summed E-state index contributed by atoms with van der Waals surface area (Å²) in [5.41, 5.74) is 2.26. The molecule has 0 saturated carbocycles. The first-order chi connectivity index (χ1) is 10.6. The number of carbonyl (C=O) groups is 1. The van der Waals surface area contributed by atoms with Crippen molar-refractivity contribution in [2.24, 2.45) is 0 Å². The summed E-state index contributed by atoms with van der Waals surface area (Å²) in [4.78, 5) is 18.0. The van der Waals surface area contributed by atoms with Crippen LogP contribution >= 0.6 is 0 Å². The van der Waals surface area contributed by atoms with Gasteiger partial charge in [0.15, 0.2) is 5.60 Å². The monoisotopic (exact) mass is 298 g/mol. The van der Waals surface area contributed by atoms with E-state index in [1.165, 1.54) is 10.9 Å². The SMILES string of the molecule is C=CCOC1(C(=O)N(C)C)CCCc2c1[nH]c1ccccc21. The molecule has 116 valence electrons. The zero-order valence-corrected chi connectivity index (χ0v) is 13.2. The summed E-state index contributed by atoms with van der Waals surface area (Å²) >= 11 is 0. The van der Waals surface area contributed by atoms with Crippen LogP contribution in [0.4, 0.5) is 0 Å². The summed E-state index contributed by atoms with van der Waals surface area (Å²) in [6, 6.07) is 8.19. The molecule has 0 aliphatic heterocycles. The average molecular weight is 298 g/mol. The lowest BCUT2D eigenvalue weighted by Gasteiger charge is -2.37. The van der Waals surface area contributed by atoms with Crippen molar-refractivity contribution >= 4 is 16.8 Å². The Morgan fingerprint density at radius 2 is 2.23 bits per heavy atom. The van der Waals surface area contributed by atoms with Crippen LogP contribution in [0.3, 0.4) is 0 Å². The number of carbonyl (C=O) groups excluding carboxylic acids is 1. The van der Waals surface area contributed by atoms with Crippen molar-refractivity contribution in [1.29, 1.82) is 0 Å². The second-order valence-electron chi connectivity index (χ2n) is 6.00. The van der Waals surface area contributed by atoms with Gasteiger partial charge in [-0.2, -0.15) is 0 Å². The van der Waals surface area contributed by atoms with Gasteiger partial charge in [-0.1, -0.05) is 24.3 Å². The van der Waals surface area contributed by atoms with Gasteiger partial charge >= 0.3 is 0 Å². The molecule has 4 heteroatoms. The number of aryl methyl sites for hydroxylation is 1. The molecule has 0 bridgehead atoms. The smallest absolute Gasteiger partial charge is 0.260 e. The molecular formula is C18H22N2O2. The number of ether oxygens (including phenoxy) is 1. The molecule has 0 spiro atoms. The third kappa shape index (κ3) is 2.15. The maximum absolute atomic E-state index is 12.9. The Labute approximate surface area is 130 Å². The number of benzene rings is 1.